The Hall–Kier alpha value is -0.110. The smallest absolute Gasteiger partial charge is 0.0559 e. The molecule has 2 heteroatoms. The molecule has 1 heterocycles. The van der Waals surface area contributed by atoms with Gasteiger partial charge in [0.25, 0.3) is 0 Å². The van der Waals surface area contributed by atoms with Crippen molar-refractivity contribution < 1.29 is 0 Å². The van der Waals surface area contributed by atoms with Gasteiger partial charge in [0.1, 0.15) is 0 Å². The van der Waals surface area contributed by atoms with Crippen LogP contribution in [0.2, 0.25) is 0 Å². The van der Waals surface area contributed by atoms with Crippen molar-refractivity contribution in [1.82, 2.24) is 0 Å². The Labute approximate surface area is 64.0 Å². The minimum absolute atomic E-state index is 0.432. The fourth-order valence-electron chi connectivity index (χ4n) is 0.840. The first kappa shape index (κ1) is 7.00. The van der Waals surface area contributed by atoms with E-state index < -0.39 is 0 Å². The highest BCUT2D eigenvalue weighted by Crippen LogP contribution is 2.18. The largest absolute Gasteiger partial charge is 0.265 e. The van der Waals surface area contributed by atoms with Gasteiger partial charge >= 0.3 is 0 Å². The quantitative estimate of drug-likeness (QED) is 0.517. The third kappa shape index (κ3) is 1.65. The second-order valence-corrected chi connectivity index (χ2v) is 3.45. The molecule has 0 radical (unpaired) electrons. The van der Waals surface area contributed by atoms with Crippen LogP contribution in [-0.2, 0) is 0 Å². The fourth-order valence-corrected chi connectivity index (χ4v) is 1.11. The van der Waals surface area contributed by atoms with Gasteiger partial charge in [0.15, 0.2) is 0 Å². The number of alkyl halides is 1. The van der Waals surface area contributed by atoms with Gasteiger partial charge in [0, 0.05) is 11.9 Å². The van der Waals surface area contributed by atoms with Crippen LogP contribution < -0.4 is 0 Å². The lowest BCUT2D eigenvalue weighted by Crippen LogP contribution is -2.13. The molecule has 50 valence electrons. The van der Waals surface area contributed by atoms with Crippen molar-refractivity contribution in [3.8, 4) is 0 Å². The minimum Gasteiger partial charge on any atom is -0.265 e. The molecule has 1 aliphatic heterocycles. The van der Waals surface area contributed by atoms with Crippen LogP contribution in [0, 0.1) is 5.92 Å². The molecular formula is C7H10BrN. The lowest BCUT2D eigenvalue weighted by molar-refractivity contribution is 0.776. The Morgan fingerprint density at radius 1 is 1.67 bits per heavy atom. The second kappa shape index (κ2) is 2.65. The van der Waals surface area contributed by atoms with Crippen LogP contribution in [0.25, 0.3) is 0 Å². The maximum Gasteiger partial charge on any atom is 0.0559 e. The lowest BCUT2D eigenvalue weighted by atomic mass is 10.1. The van der Waals surface area contributed by atoms with Crippen molar-refractivity contribution in [1.29, 1.82) is 0 Å². The highest BCUT2D eigenvalue weighted by Gasteiger charge is 2.11. The number of halogens is 1. The van der Waals surface area contributed by atoms with Gasteiger partial charge < -0.3 is 0 Å². The summed E-state index contributed by atoms with van der Waals surface area (Å²) in [6.45, 7) is 4.19. The second-order valence-electron chi connectivity index (χ2n) is 2.39. The SMILES string of the molecule is CC1=CC(C)C(Br)C=N1. The molecule has 0 saturated heterocycles. The zero-order chi connectivity index (χ0) is 6.85. The summed E-state index contributed by atoms with van der Waals surface area (Å²) >= 11 is 3.49. The Balaban J connectivity index is 2.70. The molecule has 0 saturated carbocycles. The molecule has 0 aromatic rings. The molecule has 0 aromatic heterocycles. The minimum atomic E-state index is 0.432. The zero-order valence-corrected chi connectivity index (χ0v) is 7.22. The van der Waals surface area contributed by atoms with Crippen LogP contribution in [0.4, 0.5) is 0 Å². The van der Waals surface area contributed by atoms with Gasteiger partial charge in [-0.25, -0.2) is 0 Å². The summed E-state index contributed by atoms with van der Waals surface area (Å²) in [5, 5.41) is 0. The standard InChI is InChI=1S/C7H10BrN/c1-5-3-6(2)9-4-7(5)8/h3-5,7H,1-2H3. The molecule has 0 N–H and O–H groups in total. The Bertz CT molecular complexity index is 160. The van der Waals surface area contributed by atoms with E-state index in [1.165, 1.54) is 0 Å². The Morgan fingerprint density at radius 2 is 2.33 bits per heavy atom. The van der Waals surface area contributed by atoms with Crippen LogP contribution in [0.1, 0.15) is 13.8 Å². The van der Waals surface area contributed by atoms with Gasteiger partial charge in [-0.05, 0) is 12.8 Å². The number of aliphatic imine (C=N–C) groups is 1. The van der Waals surface area contributed by atoms with E-state index in [1.54, 1.807) is 0 Å². The molecule has 2 unspecified atom stereocenters. The van der Waals surface area contributed by atoms with Crippen molar-refractivity contribution in [3.63, 3.8) is 0 Å². The molecule has 0 aliphatic carbocycles. The highest BCUT2D eigenvalue weighted by atomic mass is 79.9. The third-order valence-electron chi connectivity index (χ3n) is 1.43. The van der Waals surface area contributed by atoms with E-state index in [0.29, 0.717) is 10.7 Å². The summed E-state index contributed by atoms with van der Waals surface area (Å²) in [4.78, 5) is 4.58. The Morgan fingerprint density at radius 3 is 2.78 bits per heavy atom. The first-order valence-electron chi connectivity index (χ1n) is 3.07. The van der Waals surface area contributed by atoms with Crippen molar-refractivity contribution in [2.24, 2.45) is 10.9 Å². The van der Waals surface area contributed by atoms with Gasteiger partial charge in [0.05, 0.1) is 4.83 Å². The third-order valence-corrected chi connectivity index (χ3v) is 2.50. The summed E-state index contributed by atoms with van der Waals surface area (Å²) in [7, 11) is 0. The molecule has 0 bridgehead atoms. The average Bonchev–Trinajstić information content (AvgIpc) is 1.80. The van der Waals surface area contributed by atoms with Gasteiger partial charge in [-0.1, -0.05) is 28.9 Å². The topological polar surface area (TPSA) is 12.4 Å². The van der Waals surface area contributed by atoms with Crippen LogP contribution in [-0.4, -0.2) is 11.0 Å². The van der Waals surface area contributed by atoms with E-state index >= 15 is 0 Å². The first-order chi connectivity index (χ1) is 4.20. The maximum atomic E-state index is 4.15. The van der Waals surface area contributed by atoms with Crippen molar-refractivity contribution >= 4 is 22.1 Å². The van der Waals surface area contributed by atoms with Crippen LogP contribution in [0.5, 0.6) is 0 Å². The van der Waals surface area contributed by atoms with Crippen molar-refractivity contribution in [2.45, 2.75) is 18.7 Å². The lowest BCUT2D eigenvalue weighted by Gasteiger charge is -2.14. The van der Waals surface area contributed by atoms with E-state index in [4.69, 9.17) is 0 Å². The summed E-state index contributed by atoms with van der Waals surface area (Å²) in [5.74, 6) is 0.586. The number of nitrogens with zero attached hydrogens (tertiary/aromatic N) is 1. The molecular weight excluding hydrogens is 178 g/mol. The Kier molecular flexibility index (Phi) is 2.06. The zero-order valence-electron chi connectivity index (χ0n) is 5.63. The summed E-state index contributed by atoms with van der Waals surface area (Å²) < 4.78 is 0. The molecule has 1 nitrogen and oxygen atoms in total. The molecule has 0 fully saturated rings. The molecule has 0 spiro atoms. The van der Waals surface area contributed by atoms with E-state index in [-0.39, 0.29) is 0 Å². The van der Waals surface area contributed by atoms with E-state index in [9.17, 15) is 0 Å². The van der Waals surface area contributed by atoms with Crippen molar-refractivity contribution in [3.05, 3.63) is 11.8 Å². The number of rotatable bonds is 0. The van der Waals surface area contributed by atoms with Crippen LogP contribution >= 0.6 is 15.9 Å². The van der Waals surface area contributed by atoms with E-state index in [1.807, 2.05) is 13.1 Å². The molecule has 0 amide bonds. The van der Waals surface area contributed by atoms with Gasteiger partial charge in [-0.3, -0.25) is 4.99 Å². The fraction of sp³-hybridized carbons (Fsp3) is 0.571. The van der Waals surface area contributed by atoms with Gasteiger partial charge in [-0.15, -0.1) is 0 Å². The summed E-state index contributed by atoms with van der Waals surface area (Å²) in [6.07, 6.45) is 4.11. The van der Waals surface area contributed by atoms with Gasteiger partial charge in [0.2, 0.25) is 0 Å². The van der Waals surface area contributed by atoms with E-state index in [0.717, 1.165) is 5.70 Å². The average molecular weight is 188 g/mol. The van der Waals surface area contributed by atoms with Crippen LogP contribution in [0.3, 0.4) is 0 Å². The predicted molar refractivity (Wildman–Crippen MR) is 44.1 cm³/mol. The molecule has 9 heavy (non-hydrogen) atoms. The van der Waals surface area contributed by atoms with E-state index in [2.05, 4.69) is 33.9 Å². The molecule has 2 atom stereocenters. The monoisotopic (exact) mass is 187 g/mol. The number of hydrogen-bond donors (Lipinski definition) is 0. The predicted octanol–water partition coefficient (Wildman–Crippen LogP) is 2.37. The molecule has 1 aliphatic rings. The number of hydrogen-bond acceptors (Lipinski definition) is 1. The van der Waals surface area contributed by atoms with Crippen molar-refractivity contribution in [2.75, 3.05) is 0 Å². The maximum absolute atomic E-state index is 4.15. The molecule has 0 aromatic carbocycles. The number of allylic oxidation sites excluding steroid dienone is 2. The normalized spacial score (nSPS) is 34.3. The summed E-state index contributed by atoms with van der Waals surface area (Å²) in [5.41, 5.74) is 1.12. The highest BCUT2D eigenvalue weighted by molar-refractivity contribution is 9.10. The summed E-state index contributed by atoms with van der Waals surface area (Å²) in [6, 6.07) is 0. The molecule has 1 rings (SSSR count). The first-order valence-corrected chi connectivity index (χ1v) is 3.98. The van der Waals surface area contributed by atoms with Gasteiger partial charge in [-0.2, -0.15) is 0 Å². The van der Waals surface area contributed by atoms with Crippen LogP contribution in [0.15, 0.2) is 16.8 Å².